The summed E-state index contributed by atoms with van der Waals surface area (Å²) in [4.78, 5) is 12.3. The molecule has 0 amide bonds. The Balaban J connectivity index is 1.69. The van der Waals surface area contributed by atoms with Crippen molar-refractivity contribution in [3.63, 3.8) is 0 Å². The number of hydrogen-bond acceptors (Lipinski definition) is 4. The number of nitrogens with one attached hydrogen (secondary N) is 1. The molecule has 1 aromatic rings. The zero-order valence-corrected chi connectivity index (χ0v) is 10.2. The first-order valence-corrected chi connectivity index (χ1v) is 6.45. The van der Waals surface area contributed by atoms with Gasteiger partial charge in [0.25, 0.3) is 0 Å². The molecular weight excluding hydrogens is 230 g/mol. The van der Waals surface area contributed by atoms with Gasteiger partial charge in [0.05, 0.1) is 12.2 Å². The van der Waals surface area contributed by atoms with Gasteiger partial charge in [0.2, 0.25) is 0 Å². The van der Waals surface area contributed by atoms with Gasteiger partial charge in [-0.25, -0.2) is 0 Å². The van der Waals surface area contributed by atoms with Crippen LogP contribution in [0.3, 0.4) is 0 Å². The van der Waals surface area contributed by atoms with E-state index in [1.807, 2.05) is 24.3 Å². The molecule has 2 heterocycles. The number of anilines is 1. The van der Waals surface area contributed by atoms with E-state index >= 15 is 0 Å². The molecule has 1 N–H and O–H groups in total. The lowest BCUT2D eigenvalue weighted by molar-refractivity contribution is -0.132. The van der Waals surface area contributed by atoms with Crippen molar-refractivity contribution < 1.29 is 14.3 Å². The van der Waals surface area contributed by atoms with Crippen LogP contribution in [-0.4, -0.2) is 31.6 Å². The van der Waals surface area contributed by atoms with E-state index in [0.717, 1.165) is 24.3 Å². The van der Waals surface area contributed by atoms with Gasteiger partial charge in [0.1, 0.15) is 5.75 Å². The van der Waals surface area contributed by atoms with E-state index in [1.54, 1.807) is 0 Å². The predicted molar refractivity (Wildman–Crippen MR) is 67.9 cm³/mol. The second kappa shape index (κ2) is 4.98. The minimum atomic E-state index is -0.358. The minimum Gasteiger partial charge on any atom is -0.479 e. The fourth-order valence-corrected chi connectivity index (χ4v) is 2.52. The molecule has 4 heteroatoms. The van der Waals surface area contributed by atoms with Crippen LogP contribution in [0.25, 0.3) is 0 Å². The van der Waals surface area contributed by atoms with Gasteiger partial charge in [-0.1, -0.05) is 12.1 Å². The highest BCUT2D eigenvalue weighted by Gasteiger charge is 2.32. The van der Waals surface area contributed by atoms with Crippen molar-refractivity contribution in [1.82, 2.24) is 0 Å². The quantitative estimate of drug-likeness (QED) is 0.866. The summed E-state index contributed by atoms with van der Waals surface area (Å²) in [5.74, 6) is 1.07. The summed E-state index contributed by atoms with van der Waals surface area (Å²) in [5, 5.41) is 3.26. The van der Waals surface area contributed by atoms with Gasteiger partial charge in [-0.15, -0.1) is 0 Å². The lowest BCUT2D eigenvalue weighted by Gasteiger charge is -2.30. The van der Waals surface area contributed by atoms with Gasteiger partial charge >= 0.3 is 0 Å². The maximum atomic E-state index is 12.3. The van der Waals surface area contributed by atoms with Crippen LogP contribution < -0.4 is 10.1 Å². The Kier molecular flexibility index (Phi) is 3.19. The Morgan fingerprint density at radius 3 is 2.83 bits per heavy atom. The van der Waals surface area contributed by atoms with Gasteiger partial charge in [-0.2, -0.15) is 0 Å². The van der Waals surface area contributed by atoms with E-state index in [4.69, 9.17) is 9.47 Å². The lowest BCUT2D eigenvalue weighted by atomic mass is 9.91. The third-order valence-corrected chi connectivity index (χ3v) is 3.58. The van der Waals surface area contributed by atoms with Crippen LogP contribution in [0.4, 0.5) is 5.69 Å². The summed E-state index contributed by atoms with van der Waals surface area (Å²) in [7, 11) is 0. The van der Waals surface area contributed by atoms with E-state index in [9.17, 15) is 4.79 Å². The molecule has 96 valence electrons. The summed E-state index contributed by atoms with van der Waals surface area (Å²) in [5.41, 5.74) is 0.966. The monoisotopic (exact) mass is 247 g/mol. The number of ether oxygens (including phenoxy) is 2. The van der Waals surface area contributed by atoms with E-state index < -0.39 is 0 Å². The maximum absolute atomic E-state index is 12.3. The van der Waals surface area contributed by atoms with Crippen LogP contribution in [0.15, 0.2) is 24.3 Å². The van der Waals surface area contributed by atoms with Crippen LogP contribution in [0.5, 0.6) is 5.75 Å². The summed E-state index contributed by atoms with van der Waals surface area (Å²) in [6.07, 6.45) is 1.28. The summed E-state index contributed by atoms with van der Waals surface area (Å²) in [6, 6.07) is 7.73. The number of para-hydroxylation sites is 2. The van der Waals surface area contributed by atoms with Crippen LogP contribution in [0, 0.1) is 5.92 Å². The number of ketones is 1. The highest BCUT2D eigenvalue weighted by Crippen LogP contribution is 2.30. The number of carbonyl (C=O) groups is 1. The van der Waals surface area contributed by atoms with Gasteiger partial charge in [0, 0.05) is 19.1 Å². The van der Waals surface area contributed by atoms with E-state index in [1.165, 1.54) is 0 Å². The predicted octanol–water partition coefficient (Wildman–Crippen LogP) is 1.86. The second-order valence-electron chi connectivity index (χ2n) is 4.77. The Morgan fingerprint density at radius 2 is 2.00 bits per heavy atom. The summed E-state index contributed by atoms with van der Waals surface area (Å²) >= 11 is 0. The number of rotatable bonds is 2. The molecule has 0 bridgehead atoms. The van der Waals surface area contributed by atoms with Crippen molar-refractivity contribution in [3.8, 4) is 5.75 Å². The highest BCUT2D eigenvalue weighted by atomic mass is 16.5. The smallest absolute Gasteiger partial charge is 0.178 e. The topological polar surface area (TPSA) is 47.6 Å². The molecule has 0 saturated carbocycles. The van der Waals surface area contributed by atoms with Crippen LogP contribution in [-0.2, 0) is 9.53 Å². The average molecular weight is 247 g/mol. The highest BCUT2D eigenvalue weighted by molar-refractivity contribution is 5.87. The molecule has 1 atom stereocenters. The first-order valence-electron chi connectivity index (χ1n) is 6.45. The fourth-order valence-electron chi connectivity index (χ4n) is 2.52. The number of Topliss-reactive ketones (excluding diaryl/α,β-unsaturated/α-hetero) is 1. The molecule has 4 nitrogen and oxygen atoms in total. The number of benzene rings is 1. The molecule has 0 spiro atoms. The molecule has 3 rings (SSSR count). The minimum absolute atomic E-state index is 0.0933. The van der Waals surface area contributed by atoms with Crippen LogP contribution in [0.2, 0.25) is 0 Å². The number of carbonyl (C=O) groups excluding carboxylic acids is 1. The standard InChI is InChI=1S/C14H17NO3/c16-14(10-5-7-17-8-6-10)13-9-15-11-3-1-2-4-12(11)18-13/h1-4,10,13,15H,5-9H2. The molecular formula is C14H17NO3. The molecule has 1 unspecified atom stereocenters. The second-order valence-corrected chi connectivity index (χ2v) is 4.77. The van der Waals surface area contributed by atoms with Crippen molar-refractivity contribution in [2.45, 2.75) is 18.9 Å². The van der Waals surface area contributed by atoms with E-state index in [-0.39, 0.29) is 17.8 Å². The van der Waals surface area contributed by atoms with Crippen molar-refractivity contribution >= 4 is 11.5 Å². The molecule has 1 fully saturated rings. The molecule has 0 aromatic heterocycles. The van der Waals surface area contributed by atoms with Crippen LogP contribution in [0.1, 0.15) is 12.8 Å². The Morgan fingerprint density at radius 1 is 1.22 bits per heavy atom. The van der Waals surface area contributed by atoms with Crippen molar-refractivity contribution in [2.75, 3.05) is 25.1 Å². The third-order valence-electron chi connectivity index (χ3n) is 3.58. The van der Waals surface area contributed by atoms with Crippen LogP contribution >= 0.6 is 0 Å². The SMILES string of the molecule is O=C(C1CCOCC1)C1CNc2ccccc2O1. The molecule has 2 aliphatic rings. The van der Waals surface area contributed by atoms with Gasteiger partial charge in [0.15, 0.2) is 11.9 Å². The van der Waals surface area contributed by atoms with E-state index in [0.29, 0.717) is 19.8 Å². The molecule has 1 aromatic carbocycles. The van der Waals surface area contributed by atoms with Gasteiger partial charge < -0.3 is 14.8 Å². The molecule has 0 aliphatic carbocycles. The molecule has 18 heavy (non-hydrogen) atoms. The summed E-state index contributed by atoms with van der Waals surface area (Å²) in [6.45, 7) is 1.94. The van der Waals surface area contributed by atoms with Crippen molar-refractivity contribution in [3.05, 3.63) is 24.3 Å². The zero-order valence-electron chi connectivity index (χ0n) is 10.2. The van der Waals surface area contributed by atoms with Crippen molar-refractivity contribution in [2.24, 2.45) is 5.92 Å². The summed E-state index contributed by atoms with van der Waals surface area (Å²) < 4.78 is 11.1. The van der Waals surface area contributed by atoms with Gasteiger partial charge in [-0.3, -0.25) is 4.79 Å². The normalized spacial score (nSPS) is 23.7. The first kappa shape index (κ1) is 11.5. The lowest BCUT2D eigenvalue weighted by Crippen LogP contribution is -2.42. The number of fused-ring (bicyclic) bond motifs is 1. The average Bonchev–Trinajstić information content (AvgIpc) is 2.47. The maximum Gasteiger partial charge on any atom is 0.178 e. The first-order chi connectivity index (χ1) is 8.84. The van der Waals surface area contributed by atoms with Crippen molar-refractivity contribution in [1.29, 1.82) is 0 Å². The van der Waals surface area contributed by atoms with Gasteiger partial charge in [-0.05, 0) is 25.0 Å². The molecule has 1 saturated heterocycles. The Labute approximate surface area is 106 Å². The Hall–Kier alpha value is -1.55. The number of hydrogen-bond donors (Lipinski definition) is 1. The Bertz CT molecular complexity index is 440. The van der Waals surface area contributed by atoms with E-state index in [2.05, 4.69) is 5.32 Å². The zero-order chi connectivity index (χ0) is 12.4. The molecule has 0 radical (unpaired) electrons. The largest absolute Gasteiger partial charge is 0.479 e. The third kappa shape index (κ3) is 2.20. The molecule has 2 aliphatic heterocycles. The fraction of sp³-hybridized carbons (Fsp3) is 0.500.